The van der Waals surface area contributed by atoms with Gasteiger partial charge in [-0.15, -0.1) is 23.1 Å². The number of aromatic nitrogens is 1. The summed E-state index contributed by atoms with van der Waals surface area (Å²) in [4.78, 5) is 59.9. The molecule has 1 aromatic rings. The van der Waals surface area contributed by atoms with Crippen molar-refractivity contribution in [3.05, 3.63) is 23.2 Å². The Morgan fingerprint density at radius 2 is 2.13 bits per heavy atom. The highest BCUT2D eigenvalue weighted by Gasteiger charge is 2.33. The van der Waals surface area contributed by atoms with E-state index in [2.05, 4.69) is 27.0 Å². The molecular formula is C17H19N5O7S2. The van der Waals surface area contributed by atoms with Crippen LogP contribution in [0.2, 0.25) is 0 Å². The van der Waals surface area contributed by atoms with Crippen molar-refractivity contribution in [2.45, 2.75) is 30.9 Å². The Kier molecular flexibility index (Phi) is 7.51. The summed E-state index contributed by atoms with van der Waals surface area (Å²) in [5, 5.41) is 25.0. The number of nitrogens with zero attached hydrogens (tertiary/aromatic N) is 3. The second-order valence-corrected chi connectivity index (χ2v) is 8.64. The lowest BCUT2D eigenvalue weighted by Crippen LogP contribution is -2.47. The fourth-order valence-electron chi connectivity index (χ4n) is 2.09. The van der Waals surface area contributed by atoms with E-state index in [4.69, 9.17) is 15.7 Å². The molecule has 0 radical (unpaired) electrons. The third-order valence-corrected chi connectivity index (χ3v) is 5.76. The Morgan fingerprint density at radius 1 is 1.45 bits per heavy atom. The third-order valence-electron chi connectivity index (χ3n) is 3.83. The van der Waals surface area contributed by atoms with Gasteiger partial charge in [0.1, 0.15) is 29.1 Å². The lowest BCUT2D eigenvalue weighted by Gasteiger charge is -2.25. The molecule has 1 aliphatic heterocycles. The van der Waals surface area contributed by atoms with Crippen LogP contribution >= 0.6 is 23.1 Å². The number of aldehydes is 1. The van der Waals surface area contributed by atoms with Crippen LogP contribution < -0.4 is 11.1 Å². The van der Waals surface area contributed by atoms with Gasteiger partial charge in [0.15, 0.2) is 10.8 Å². The molecule has 0 bridgehead atoms. The second-order valence-electron chi connectivity index (χ2n) is 6.64. The number of aliphatic imine (C=N–C) groups is 1. The summed E-state index contributed by atoms with van der Waals surface area (Å²) < 4.78 is 0. The number of thiazole rings is 1. The Labute approximate surface area is 184 Å². The van der Waals surface area contributed by atoms with Gasteiger partial charge in [0, 0.05) is 11.1 Å². The zero-order valence-corrected chi connectivity index (χ0v) is 18.0. The molecule has 0 fully saturated rings. The molecule has 31 heavy (non-hydrogen) atoms. The highest BCUT2D eigenvalue weighted by molar-refractivity contribution is 8.00. The van der Waals surface area contributed by atoms with E-state index >= 15 is 0 Å². The number of rotatable bonds is 9. The summed E-state index contributed by atoms with van der Waals surface area (Å²) in [5.41, 5.74) is 3.44. The molecule has 0 aliphatic carbocycles. The first kappa shape index (κ1) is 24.0. The predicted octanol–water partition coefficient (Wildman–Crippen LogP) is 0.148. The third kappa shape index (κ3) is 5.88. The summed E-state index contributed by atoms with van der Waals surface area (Å²) >= 11 is 2.13. The smallest absolute Gasteiger partial charge is 0.354 e. The molecule has 5 N–H and O–H groups in total. The zero-order chi connectivity index (χ0) is 23.3. The van der Waals surface area contributed by atoms with Crippen LogP contribution in [-0.2, 0) is 24.0 Å². The molecule has 1 aromatic heterocycles. The zero-order valence-electron chi connectivity index (χ0n) is 16.4. The topological polar surface area (TPSA) is 194 Å². The minimum Gasteiger partial charge on any atom is -0.478 e. The van der Waals surface area contributed by atoms with Gasteiger partial charge in [0.2, 0.25) is 5.60 Å². The van der Waals surface area contributed by atoms with Gasteiger partial charge >= 0.3 is 11.9 Å². The first-order valence-electron chi connectivity index (χ1n) is 8.54. The lowest BCUT2D eigenvalue weighted by atomic mass is 10.1. The van der Waals surface area contributed by atoms with Gasteiger partial charge in [-0.2, -0.15) is 0 Å². The van der Waals surface area contributed by atoms with Gasteiger partial charge in [0.25, 0.3) is 5.91 Å². The van der Waals surface area contributed by atoms with Gasteiger partial charge < -0.3 is 30.9 Å². The lowest BCUT2D eigenvalue weighted by molar-refractivity contribution is -0.161. The number of carboxylic acids is 2. The van der Waals surface area contributed by atoms with E-state index in [9.17, 15) is 24.3 Å². The number of amides is 1. The molecule has 2 atom stereocenters. The first-order valence-corrected chi connectivity index (χ1v) is 10.5. The quantitative estimate of drug-likeness (QED) is 0.220. The molecule has 0 saturated heterocycles. The van der Waals surface area contributed by atoms with Crippen LogP contribution in [-0.4, -0.2) is 73.5 Å². The van der Waals surface area contributed by atoms with Crippen LogP contribution in [0.25, 0.3) is 0 Å². The Balaban J connectivity index is 2.31. The number of nitrogens with two attached hydrogens (primary N) is 1. The van der Waals surface area contributed by atoms with Crippen molar-refractivity contribution >= 4 is 63.8 Å². The monoisotopic (exact) mass is 469 g/mol. The van der Waals surface area contributed by atoms with Crippen LogP contribution in [0.4, 0.5) is 5.13 Å². The van der Waals surface area contributed by atoms with Gasteiger partial charge in [-0.25, -0.2) is 14.6 Å². The summed E-state index contributed by atoms with van der Waals surface area (Å²) in [6.07, 6.45) is 0.404. The van der Waals surface area contributed by atoms with Crippen molar-refractivity contribution in [2.75, 3.05) is 11.5 Å². The number of oxime groups is 1. The van der Waals surface area contributed by atoms with E-state index in [-0.39, 0.29) is 27.9 Å². The number of hydrogen-bond acceptors (Lipinski definition) is 11. The minimum absolute atomic E-state index is 0.00485. The average Bonchev–Trinajstić information content (AvgIpc) is 3.12. The number of aliphatic carboxylic acids is 2. The summed E-state index contributed by atoms with van der Waals surface area (Å²) in [5.74, 6) is -3.33. The SMILES string of the molecule is C=C1CS[C@H]([C@@H](C=O)NC(=O)/C(=N\OC(C)(C)C(=O)O)c2csc(N)n2)N=C1C(=O)O. The molecular weight excluding hydrogens is 450 g/mol. The molecule has 0 unspecified atom stereocenters. The van der Waals surface area contributed by atoms with Crippen LogP contribution in [0.5, 0.6) is 0 Å². The number of carbonyl (C=O) groups is 4. The minimum atomic E-state index is -1.75. The highest BCUT2D eigenvalue weighted by atomic mass is 32.2. The number of nitrogens with one attached hydrogen (secondary N) is 1. The molecule has 2 rings (SSSR count). The van der Waals surface area contributed by atoms with Crippen molar-refractivity contribution in [3.63, 3.8) is 0 Å². The fraction of sp³-hybridized carbons (Fsp3) is 0.353. The summed E-state index contributed by atoms with van der Waals surface area (Å²) in [6.45, 7) is 6.07. The molecule has 0 spiro atoms. The van der Waals surface area contributed by atoms with Crippen molar-refractivity contribution in [3.8, 4) is 0 Å². The van der Waals surface area contributed by atoms with Crippen LogP contribution in [0, 0.1) is 0 Å². The van der Waals surface area contributed by atoms with E-state index in [0.717, 1.165) is 23.1 Å². The number of hydrogen-bond donors (Lipinski definition) is 4. The fourth-order valence-corrected chi connectivity index (χ4v) is 3.67. The molecule has 0 saturated carbocycles. The summed E-state index contributed by atoms with van der Waals surface area (Å²) in [7, 11) is 0. The van der Waals surface area contributed by atoms with E-state index < -0.39 is 40.6 Å². The number of anilines is 1. The number of carboxylic acid groups (broad SMARTS) is 2. The Hall–Kier alpha value is -3.26. The average molecular weight is 470 g/mol. The van der Waals surface area contributed by atoms with Gasteiger partial charge in [-0.1, -0.05) is 11.7 Å². The normalized spacial score (nSPS) is 18.0. The molecule has 1 aliphatic rings. The Bertz CT molecular complexity index is 985. The van der Waals surface area contributed by atoms with Gasteiger partial charge in [-0.3, -0.25) is 9.79 Å². The Morgan fingerprint density at radius 3 is 2.65 bits per heavy atom. The van der Waals surface area contributed by atoms with Gasteiger partial charge in [0.05, 0.1) is 0 Å². The van der Waals surface area contributed by atoms with Crippen molar-refractivity contribution in [2.24, 2.45) is 10.1 Å². The molecule has 0 aromatic carbocycles. The van der Waals surface area contributed by atoms with Crippen LogP contribution in [0.15, 0.2) is 27.7 Å². The second kappa shape index (κ2) is 9.70. The van der Waals surface area contributed by atoms with Crippen molar-refractivity contribution < 1.29 is 34.2 Å². The molecule has 166 valence electrons. The number of thioether (sulfide) groups is 1. The standard InChI is InChI=1S/C17H19N5O7S2/c1-7-5-30-13(21-10(7)14(25)26)8(4-23)19-12(24)11(9-6-31-16(18)20-9)22-29-17(2,3)15(27)28/h4,6,8,13H,1,5H2,2-3H3,(H2,18,20)(H,19,24)(H,25,26)(H,27,28)/b22-11-/t8-,13-/m1/s1. The van der Waals surface area contributed by atoms with E-state index in [1.165, 1.54) is 19.2 Å². The van der Waals surface area contributed by atoms with Gasteiger partial charge in [-0.05, 0) is 19.4 Å². The molecule has 12 nitrogen and oxygen atoms in total. The number of nitrogen functional groups attached to an aromatic ring is 1. The molecule has 14 heteroatoms. The maximum Gasteiger partial charge on any atom is 0.354 e. The van der Waals surface area contributed by atoms with Crippen molar-refractivity contribution in [1.82, 2.24) is 10.3 Å². The largest absolute Gasteiger partial charge is 0.478 e. The maximum atomic E-state index is 12.8. The molecule has 2 heterocycles. The van der Waals surface area contributed by atoms with Crippen molar-refractivity contribution in [1.29, 1.82) is 0 Å². The maximum absolute atomic E-state index is 12.8. The van der Waals surface area contributed by atoms with E-state index in [0.29, 0.717) is 6.29 Å². The first-order chi connectivity index (χ1) is 14.5. The number of carbonyl (C=O) groups excluding carboxylic acids is 2. The van der Waals surface area contributed by atoms with E-state index in [1.54, 1.807) is 0 Å². The van der Waals surface area contributed by atoms with Crippen LogP contribution in [0.3, 0.4) is 0 Å². The van der Waals surface area contributed by atoms with E-state index in [1.807, 2.05) is 0 Å². The predicted molar refractivity (Wildman–Crippen MR) is 114 cm³/mol. The molecule has 1 amide bonds. The summed E-state index contributed by atoms with van der Waals surface area (Å²) in [6, 6.07) is -1.21. The van der Waals surface area contributed by atoms with Crippen LogP contribution in [0.1, 0.15) is 19.5 Å². The highest BCUT2D eigenvalue weighted by Crippen LogP contribution is 2.25.